The lowest BCUT2D eigenvalue weighted by Gasteiger charge is -2.15. The molecular weight excluding hydrogens is 557 g/mol. The van der Waals surface area contributed by atoms with E-state index >= 15 is 0 Å². The van der Waals surface area contributed by atoms with Crippen molar-refractivity contribution < 1.29 is 28.2 Å². The van der Waals surface area contributed by atoms with Gasteiger partial charge in [0.15, 0.2) is 11.5 Å². The molecular formula is C28H25BrFN3O5. The Kier molecular flexibility index (Phi) is 8.42. The summed E-state index contributed by atoms with van der Waals surface area (Å²) in [5.74, 6) is -0.595. The Morgan fingerprint density at radius 1 is 1.11 bits per heavy atom. The highest BCUT2D eigenvalue weighted by molar-refractivity contribution is 9.10. The number of rotatable bonds is 9. The van der Waals surface area contributed by atoms with Crippen LogP contribution in [-0.4, -0.2) is 35.9 Å². The summed E-state index contributed by atoms with van der Waals surface area (Å²) in [6, 6.07) is 15.9. The van der Waals surface area contributed by atoms with Gasteiger partial charge in [0, 0.05) is 5.69 Å². The molecule has 1 aliphatic rings. The van der Waals surface area contributed by atoms with Crippen LogP contribution in [-0.2, 0) is 16.2 Å². The van der Waals surface area contributed by atoms with Gasteiger partial charge in [-0.3, -0.25) is 9.59 Å². The lowest BCUT2D eigenvalue weighted by Crippen LogP contribution is -2.38. The predicted molar refractivity (Wildman–Crippen MR) is 144 cm³/mol. The Morgan fingerprint density at radius 2 is 1.87 bits per heavy atom. The number of urea groups is 1. The summed E-state index contributed by atoms with van der Waals surface area (Å²) < 4.78 is 25.4. The fourth-order valence-electron chi connectivity index (χ4n) is 3.76. The molecule has 4 rings (SSSR count). The van der Waals surface area contributed by atoms with Gasteiger partial charge in [-0.05, 0) is 88.9 Å². The van der Waals surface area contributed by atoms with Crippen molar-refractivity contribution in [3.05, 3.63) is 93.3 Å². The second-order valence-electron chi connectivity index (χ2n) is 8.48. The monoisotopic (exact) mass is 581 g/mol. The normalized spacial score (nSPS) is 14.0. The minimum Gasteiger partial charge on any atom is -0.490 e. The molecule has 2 N–H and O–H groups in total. The van der Waals surface area contributed by atoms with E-state index in [4.69, 9.17) is 9.47 Å². The topological polar surface area (TPSA) is 97.0 Å². The highest BCUT2D eigenvalue weighted by Gasteiger charge is 2.35. The van der Waals surface area contributed by atoms with Crippen molar-refractivity contribution in [2.24, 2.45) is 0 Å². The van der Waals surface area contributed by atoms with Crippen LogP contribution in [0.4, 0.5) is 14.9 Å². The number of halogens is 2. The molecule has 3 aromatic rings. The molecule has 0 bridgehead atoms. The molecule has 1 fully saturated rings. The highest BCUT2D eigenvalue weighted by atomic mass is 79.9. The van der Waals surface area contributed by atoms with Gasteiger partial charge in [-0.2, -0.15) is 0 Å². The number of aryl methyl sites for hydroxylation is 1. The predicted octanol–water partition coefficient (Wildman–Crippen LogP) is 5.41. The maximum atomic E-state index is 13.2. The van der Waals surface area contributed by atoms with E-state index in [0.29, 0.717) is 33.8 Å². The minimum atomic E-state index is -0.691. The molecule has 0 atom stereocenters. The minimum absolute atomic E-state index is 0.0210. The first-order valence-corrected chi connectivity index (χ1v) is 12.6. The van der Waals surface area contributed by atoms with E-state index in [0.717, 1.165) is 16.0 Å². The third-order valence-electron chi connectivity index (χ3n) is 5.50. The number of nitrogens with one attached hydrogen (secondary N) is 2. The fraction of sp³-hybridized carbons (Fsp3) is 0.179. The highest BCUT2D eigenvalue weighted by Crippen LogP contribution is 2.38. The van der Waals surface area contributed by atoms with Crippen LogP contribution in [0.5, 0.6) is 11.5 Å². The third-order valence-corrected chi connectivity index (χ3v) is 6.09. The molecule has 0 aromatic heterocycles. The summed E-state index contributed by atoms with van der Waals surface area (Å²) in [5.41, 5.74) is 2.90. The van der Waals surface area contributed by atoms with E-state index in [9.17, 15) is 18.8 Å². The molecule has 8 nitrogen and oxygen atoms in total. The number of hydrogen-bond donors (Lipinski definition) is 2. The van der Waals surface area contributed by atoms with Gasteiger partial charge < -0.3 is 20.1 Å². The number of benzene rings is 3. The molecule has 1 saturated heterocycles. The second kappa shape index (κ2) is 11.9. The second-order valence-corrected chi connectivity index (χ2v) is 9.33. The van der Waals surface area contributed by atoms with Gasteiger partial charge in [-0.1, -0.05) is 24.3 Å². The summed E-state index contributed by atoms with van der Waals surface area (Å²) in [5, 5.41) is 5.21. The van der Waals surface area contributed by atoms with Crippen molar-refractivity contribution in [2.75, 3.05) is 18.5 Å². The Balaban J connectivity index is 1.48. The molecule has 0 saturated carbocycles. The SMILES string of the molecule is CCOc1cc(/C=C2/NC(=O)N(CC(=O)Nc3cccc(C)c3)C2=O)cc(Br)c1OCc1ccc(F)cc1. The molecule has 4 amide bonds. The maximum Gasteiger partial charge on any atom is 0.329 e. The first-order chi connectivity index (χ1) is 18.2. The fourth-order valence-corrected chi connectivity index (χ4v) is 4.33. The zero-order chi connectivity index (χ0) is 27.2. The Bertz CT molecular complexity index is 1410. The summed E-state index contributed by atoms with van der Waals surface area (Å²) in [4.78, 5) is 38.7. The van der Waals surface area contributed by atoms with Gasteiger partial charge >= 0.3 is 6.03 Å². The van der Waals surface area contributed by atoms with Gasteiger partial charge in [-0.15, -0.1) is 0 Å². The lowest BCUT2D eigenvalue weighted by molar-refractivity contribution is -0.127. The summed E-state index contributed by atoms with van der Waals surface area (Å²) in [6.07, 6.45) is 1.50. The molecule has 3 aromatic carbocycles. The van der Waals surface area contributed by atoms with Crippen molar-refractivity contribution >= 4 is 45.5 Å². The molecule has 0 spiro atoms. The molecule has 1 aliphatic heterocycles. The van der Waals surface area contributed by atoms with Crippen LogP contribution in [0.15, 0.2) is 70.8 Å². The van der Waals surface area contributed by atoms with E-state index in [-0.39, 0.29) is 18.1 Å². The smallest absolute Gasteiger partial charge is 0.329 e. The van der Waals surface area contributed by atoms with E-state index in [2.05, 4.69) is 26.6 Å². The van der Waals surface area contributed by atoms with Crippen LogP contribution in [0, 0.1) is 12.7 Å². The molecule has 0 unspecified atom stereocenters. The number of anilines is 1. The molecule has 196 valence electrons. The zero-order valence-corrected chi connectivity index (χ0v) is 22.3. The number of carbonyl (C=O) groups is 3. The first-order valence-electron chi connectivity index (χ1n) is 11.8. The van der Waals surface area contributed by atoms with Crippen LogP contribution in [0.3, 0.4) is 0 Å². The van der Waals surface area contributed by atoms with E-state index in [1.165, 1.54) is 18.2 Å². The van der Waals surface area contributed by atoms with Crippen molar-refractivity contribution in [3.8, 4) is 11.5 Å². The van der Waals surface area contributed by atoms with Gasteiger partial charge in [0.05, 0.1) is 11.1 Å². The standard InChI is InChI=1S/C28H25BrFN3O5/c1-3-37-24-14-19(12-22(29)26(24)38-16-18-7-9-20(30)10-8-18)13-23-27(35)33(28(36)32-23)15-25(34)31-21-6-4-5-17(2)11-21/h4-14H,3,15-16H2,1-2H3,(H,31,34)(H,32,36)/b23-13+. The van der Waals surface area contributed by atoms with Gasteiger partial charge in [0.2, 0.25) is 5.91 Å². The average molecular weight is 582 g/mol. The summed E-state index contributed by atoms with van der Waals surface area (Å²) in [6.45, 7) is 3.83. The first kappa shape index (κ1) is 26.9. The van der Waals surface area contributed by atoms with Crippen LogP contribution in [0.2, 0.25) is 0 Å². The van der Waals surface area contributed by atoms with Gasteiger partial charge in [-0.25, -0.2) is 14.1 Å². The number of nitrogens with zero attached hydrogens (tertiary/aromatic N) is 1. The quantitative estimate of drug-likeness (QED) is 0.260. The largest absolute Gasteiger partial charge is 0.490 e. The van der Waals surface area contributed by atoms with Crippen LogP contribution in [0.25, 0.3) is 6.08 Å². The maximum absolute atomic E-state index is 13.2. The number of amides is 4. The van der Waals surface area contributed by atoms with Crippen molar-refractivity contribution in [1.29, 1.82) is 0 Å². The number of ether oxygens (including phenoxy) is 2. The Morgan fingerprint density at radius 3 is 2.58 bits per heavy atom. The van der Waals surface area contributed by atoms with Crippen molar-refractivity contribution in [3.63, 3.8) is 0 Å². The molecule has 10 heteroatoms. The Hall–Kier alpha value is -4.18. The van der Waals surface area contributed by atoms with Crippen LogP contribution in [0.1, 0.15) is 23.6 Å². The van der Waals surface area contributed by atoms with Gasteiger partial charge in [0.1, 0.15) is 24.7 Å². The van der Waals surface area contributed by atoms with Crippen molar-refractivity contribution in [1.82, 2.24) is 10.2 Å². The average Bonchev–Trinajstić information content (AvgIpc) is 3.12. The lowest BCUT2D eigenvalue weighted by atomic mass is 10.1. The molecule has 0 radical (unpaired) electrons. The summed E-state index contributed by atoms with van der Waals surface area (Å²) >= 11 is 3.48. The number of imide groups is 1. The van der Waals surface area contributed by atoms with Crippen LogP contribution >= 0.6 is 15.9 Å². The number of hydrogen-bond acceptors (Lipinski definition) is 5. The van der Waals surface area contributed by atoms with Crippen LogP contribution < -0.4 is 20.1 Å². The summed E-state index contributed by atoms with van der Waals surface area (Å²) in [7, 11) is 0. The molecule has 1 heterocycles. The molecule has 38 heavy (non-hydrogen) atoms. The van der Waals surface area contributed by atoms with E-state index < -0.39 is 24.4 Å². The van der Waals surface area contributed by atoms with Crippen molar-refractivity contribution in [2.45, 2.75) is 20.5 Å². The van der Waals surface area contributed by atoms with Gasteiger partial charge in [0.25, 0.3) is 5.91 Å². The van der Waals surface area contributed by atoms with E-state index in [1.807, 2.05) is 19.9 Å². The number of carbonyl (C=O) groups excluding carboxylic acids is 3. The van der Waals surface area contributed by atoms with E-state index in [1.54, 1.807) is 42.5 Å². The Labute approximate surface area is 227 Å². The zero-order valence-electron chi connectivity index (χ0n) is 20.7. The third kappa shape index (κ3) is 6.57. The molecule has 0 aliphatic carbocycles.